The number of aromatic nitrogens is 4. The van der Waals surface area contributed by atoms with Gasteiger partial charge in [-0.15, -0.1) is 0 Å². The lowest BCUT2D eigenvalue weighted by Crippen LogP contribution is -2.36. The first kappa shape index (κ1) is 23.1. The molecule has 2 fully saturated rings. The number of anilines is 1. The van der Waals surface area contributed by atoms with E-state index >= 15 is 0 Å². The minimum Gasteiger partial charge on any atom is -0.462 e. The molecule has 0 unspecified atom stereocenters. The number of rotatable bonds is 8. The van der Waals surface area contributed by atoms with Crippen molar-refractivity contribution in [3.05, 3.63) is 41.9 Å². The zero-order chi connectivity index (χ0) is 24.4. The highest BCUT2D eigenvalue weighted by atomic mass is 16.5. The molecule has 182 valence electrons. The Labute approximate surface area is 203 Å². The van der Waals surface area contributed by atoms with Gasteiger partial charge in [0.15, 0.2) is 0 Å². The van der Waals surface area contributed by atoms with Crippen LogP contribution in [0.5, 0.6) is 6.01 Å². The van der Waals surface area contributed by atoms with E-state index in [0.717, 1.165) is 49.8 Å². The molecule has 35 heavy (non-hydrogen) atoms. The van der Waals surface area contributed by atoms with Crippen molar-refractivity contribution in [2.24, 2.45) is 5.41 Å². The Morgan fingerprint density at radius 1 is 1.40 bits per heavy atom. The number of fused-ring (bicyclic) bond motifs is 1. The van der Waals surface area contributed by atoms with Crippen molar-refractivity contribution < 1.29 is 14.6 Å². The number of hydrogen-bond donors (Lipinski definition) is 3. The maximum Gasteiger partial charge on any atom is 0.319 e. The number of nitriles is 1. The van der Waals surface area contributed by atoms with Crippen LogP contribution in [0.25, 0.3) is 11.0 Å². The summed E-state index contributed by atoms with van der Waals surface area (Å²) in [5.41, 5.74) is 1.89. The van der Waals surface area contributed by atoms with E-state index in [0.29, 0.717) is 11.7 Å². The third-order valence-electron chi connectivity index (χ3n) is 6.89. The smallest absolute Gasteiger partial charge is 0.319 e. The molecule has 1 saturated carbocycles. The van der Waals surface area contributed by atoms with E-state index in [1.165, 1.54) is 5.56 Å². The molecule has 0 aromatic carbocycles. The number of pyridine rings is 1. The van der Waals surface area contributed by atoms with Crippen LogP contribution in [0.4, 0.5) is 5.82 Å². The molecule has 4 heterocycles. The summed E-state index contributed by atoms with van der Waals surface area (Å²) < 4.78 is 5.79. The number of H-pyrrole nitrogens is 1. The van der Waals surface area contributed by atoms with Gasteiger partial charge >= 0.3 is 6.01 Å². The van der Waals surface area contributed by atoms with Crippen LogP contribution in [0, 0.1) is 16.7 Å². The van der Waals surface area contributed by atoms with E-state index in [2.05, 4.69) is 48.5 Å². The normalized spacial score (nSPS) is 18.1. The fraction of sp³-hybridized carbons (Fsp3) is 0.480. The number of carbonyl (C=O) groups excluding carboxylic acids is 1. The summed E-state index contributed by atoms with van der Waals surface area (Å²) in [7, 11) is 0. The fourth-order valence-electron chi connectivity index (χ4n) is 4.48. The topological polar surface area (TPSA) is 140 Å². The van der Waals surface area contributed by atoms with Gasteiger partial charge in [0, 0.05) is 43.0 Å². The van der Waals surface area contributed by atoms with Crippen LogP contribution in [0.1, 0.15) is 54.6 Å². The number of aliphatic hydroxyl groups excluding tert-OH is 1. The third kappa shape index (κ3) is 4.91. The van der Waals surface area contributed by atoms with E-state index in [4.69, 9.17) is 4.74 Å². The molecule has 2 aliphatic rings. The van der Waals surface area contributed by atoms with E-state index in [1.807, 2.05) is 6.07 Å². The number of ether oxygens (including phenoxy) is 1. The Morgan fingerprint density at radius 2 is 2.20 bits per heavy atom. The number of aliphatic hydroxyl groups is 1. The molecule has 0 bridgehead atoms. The Kier molecular flexibility index (Phi) is 6.26. The molecule has 0 radical (unpaired) electrons. The standard InChI is InChI=1S/C25H29N7O3/c1-16(13-33)29-23(34)20-11-21(31-24(30-20)35-15-25(14-26)6-7-25)32-9-4-17(5-10-32)19-12-28-22-18(19)3-2-8-27-22/h2-3,8,11-12,16-17,33H,4-7,9-10,13,15H2,1H3,(H,27,28)(H,29,34)/t16-/m1/s1. The minimum atomic E-state index is -0.472. The van der Waals surface area contributed by atoms with Crippen LogP contribution < -0.4 is 15.0 Å². The first-order valence-corrected chi connectivity index (χ1v) is 12.0. The molecule has 0 spiro atoms. The second-order valence-electron chi connectivity index (χ2n) is 9.54. The summed E-state index contributed by atoms with van der Waals surface area (Å²) in [6.07, 6.45) is 7.30. The quantitative estimate of drug-likeness (QED) is 0.451. The molecule has 10 heteroatoms. The Morgan fingerprint density at radius 3 is 2.91 bits per heavy atom. The summed E-state index contributed by atoms with van der Waals surface area (Å²) in [6, 6.07) is 7.71. The maximum absolute atomic E-state index is 12.8. The van der Waals surface area contributed by atoms with Crippen molar-refractivity contribution in [1.82, 2.24) is 25.3 Å². The molecule has 1 saturated heterocycles. The highest BCUT2D eigenvalue weighted by molar-refractivity contribution is 5.93. The highest BCUT2D eigenvalue weighted by Crippen LogP contribution is 2.45. The molecule has 1 atom stereocenters. The van der Waals surface area contributed by atoms with Gasteiger partial charge in [-0.1, -0.05) is 0 Å². The summed E-state index contributed by atoms with van der Waals surface area (Å²) in [5.74, 6) is 0.626. The number of carbonyl (C=O) groups is 1. The number of aromatic amines is 1. The van der Waals surface area contributed by atoms with Gasteiger partial charge < -0.3 is 25.0 Å². The van der Waals surface area contributed by atoms with E-state index in [1.54, 1.807) is 19.2 Å². The average Bonchev–Trinajstić information content (AvgIpc) is 3.56. The minimum absolute atomic E-state index is 0.0932. The van der Waals surface area contributed by atoms with Gasteiger partial charge in [-0.2, -0.15) is 15.2 Å². The second-order valence-corrected chi connectivity index (χ2v) is 9.54. The lowest BCUT2D eigenvalue weighted by atomic mass is 9.89. The molecule has 1 amide bonds. The molecule has 3 aromatic heterocycles. The molecule has 1 aliphatic carbocycles. The van der Waals surface area contributed by atoms with Gasteiger partial charge in [-0.3, -0.25) is 4.79 Å². The number of amides is 1. The molecule has 3 aromatic rings. The molecule has 10 nitrogen and oxygen atoms in total. The van der Waals surface area contributed by atoms with Gasteiger partial charge in [0.2, 0.25) is 0 Å². The van der Waals surface area contributed by atoms with Gasteiger partial charge in [0.05, 0.1) is 18.1 Å². The zero-order valence-electron chi connectivity index (χ0n) is 19.7. The Bertz CT molecular complexity index is 1260. The first-order valence-electron chi connectivity index (χ1n) is 12.0. The van der Waals surface area contributed by atoms with Crippen molar-refractivity contribution in [2.45, 2.75) is 44.6 Å². The second kappa shape index (κ2) is 9.50. The highest BCUT2D eigenvalue weighted by Gasteiger charge is 2.44. The van der Waals surface area contributed by atoms with Crippen LogP contribution in [0.2, 0.25) is 0 Å². The van der Waals surface area contributed by atoms with Gasteiger partial charge in [-0.05, 0) is 56.2 Å². The summed E-state index contributed by atoms with van der Waals surface area (Å²) in [4.78, 5) is 31.4. The van der Waals surface area contributed by atoms with Gasteiger partial charge in [-0.25, -0.2) is 4.98 Å². The van der Waals surface area contributed by atoms with Crippen molar-refractivity contribution >= 4 is 22.8 Å². The third-order valence-corrected chi connectivity index (χ3v) is 6.89. The molecular formula is C25H29N7O3. The van der Waals surface area contributed by atoms with Crippen molar-refractivity contribution in [2.75, 3.05) is 31.2 Å². The summed E-state index contributed by atoms with van der Waals surface area (Å²) >= 11 is 0. The largest absolute Gasteiger partial charge is 0.462 e. The van der Waals surface area contributed by atoms with E-state index < -0.39 is 17.4 Å². The lowest BCUT2D eigenvalue weighted by molar-refractivity contribution is 0.0915. The number of nitrogens with zero attached hydrogens (tertiary/aromatic N) is 5. The lowest BCUT2D eigenvalue weighted by Gasteiger charge is -2.33. The predicted octanol–water partition coefficient (Wildman–Crippen LogP) is 2.53. The van der Waals surface area contributed by atoms with Crippen LogP contribution in [0.15, 0.2) is 30.6 Å². The SMILES string of the molecule is C[C@H](CO)NC(=O)c1cc(N2CCC(c3c[nH]c4ncccc34)CC2)nc(OCC2(C#N)CC2)n1. The maximum atomic E-state index is 12.8. The summed E-state index contributed by atoms with van der Waals surface area (Å²) in [6.45, 7) is 3.28. The molecular weight excluding hydrogens is 446 g/mol. The average molecular weight is 476 g/mol. The molecule has 5 rings (SSSR count). The van der Waals surface area contributed by atoms with Gasteiger partial charge in [0.1, 0.15) is 23.8 Å². The predicted molar refractivity (Wildman–Crippen MR) is 129 cm³/mol. The zero-order valence-corrected chi connectivity index (χ0v) is 19.7. The Hall–Kier alpha value is -3.71. The van der Waals surface area contributed by atoms with Crippen LogP contribution >= 0.6 is 0 Å². The van der Waals surface area contributed by atoms with Gasteiger partial charge in [0.25, 0.3) is 5.91 Å². The number of piperidine rings is 1. The first-order chi connectivity index (χ1) is 17.0. The van der Waals surface area contributed by atoms with Crippen LogP contribution in [-0.2, 0) is 0 Å². The van der Waals surface area contributed by atoms with Crippen LogP contribution in [0.3, 0.4) is 0 Å². The summed E-state index contributed by atoms with van der Waals surface area (Å²) in [5, 5.41) is 22.5. The number of nitrogens with one attached hydrogen (secondary N) is 2. The van der Waals surface area contributed by atoms with E-state index in [-0.39, 0.29) is 24.9 Å². The number of hydrogen-bond acceptors (Lipinski definition) is 8. The molecule has 3 N–H and O–H groups in total. The van der Waals surface area contributed by atoms with Crippen LogP contribution in [-0.4, -0.2) is 63.3 Å². The molecule has 1 aliphatic heterocycles. The van der Waals surface area contributed by atoms with E-state index in [9.17, 15) is 15.2 Å². The Balaban J connectivity index is 1.34. The van der Waals surface area contributed by atoms with Crippen molar-refractivity contribution in [3.8, 4) is 12.1 Å². The van der Waals surface area contributed by atoms with Crippen molar-refractivity contribution in [1.29, 1.82) is 5.26 Å². The van der Waals surface area contributed by atoms with Crippen molar-refractivity contribution in [3.63, 3.8) is 0 Å². The fourth-order valence-corrected chi connectivity index (χ4v) is 4.48. The monoisotopic (exact) mass is 475 g/mol.